The van der Waals surface area contributed by atoms with Gasteiger partial charge in [-0.25, -0.2) is 4.79 Å². The molecule has 0 saturated carbocycles. The molecule has 6 N–H and O–H groups in total. The Morgan fingerprint density at radius 1 is 0.778 bits per heavy atom. The topological polar surface area (TPSA) is 202 Å². The fourth-order valence-corrected chi connectivity index (χ4v) is 3.38. The first-order valence-electron chi connectivity index (χ1n) is 10.2. The summed E-state index contributed by atoms with van der Waals surface area (Å²) in [5, 5.41) is 57.4. The van der Waals surface area contributed by atoms with Crippen LogP contribution in [-0.2, 0) is 19.2 Å². The van der Waals surface area contributed by atoms with Crippen LogP contribution in [0.4, 0.5) is 0 Å². The molecule has 0 saturated heterocycles. The quantitative estimate of drug-likeness (QED) is 0.179. The zero-order chi connectivity index (χ0) is 26.6. The van der Waals surface area contributed by atoms with Crippen molar-refractivity contribution in [3.05, 3.63) is 71.3 Å². The van der Waals surface area contributed by atoms with Gasteiger partial charge in [0.05, 0.1) is 0 Å². The van der Waals surface area contributed by atoms with Crippen molar-refractivity contribution >= 4 is 41.9 Å². The molecular weight excluding hydrogens is 474 g/mol. The number of hydrogen-bond acceptors (Lipinski definition) is 9. The molecule has 11 nitrogen and oxygen atoms in total. The molecule has 0 fully saturated rings. The molecule has 0 radical (unpaired) electrons. The van der Waals surface area contributed by atoms with Crippen molar-refractivity contribution in [3.8, 4) is 23.0 Å². The Kier molecular flexibility index (Phi) is 7.05. The summed E-state index contributed by atoms with van der Waals surface area (Å²) in [6.07, 6.45) is 5.72. The number of carbonyl (C=O) groups excluding carboxylic acids is 2. The molecular formula is C25H19NO10. The number of carbonyl (C=O) groups is 4. The van der Waals surface area contributed by atoms with E-state index in [0.717, 1.165) is 42.7 Å². The maximum Gasteiger partial charge on any atom is 0.330 e. The lowest BCUT2D eigenvalue weighted by atomic mass is 9.73. The number of aliphatic imine (C=N–C) groups is 1. The Bertz CT molecular complexity index is 1390. The van der Waals surface area contributed by atoms with Crippen molar-refractivity contribution in [1.82, 2.24) is 0 Å². The van der Waals surface area contributed by atoms with Gasteiger partial charge in [-0.15, -0.1) is 0 Å². The molecule has 184 valence electrons. The Labute approximate surface area is 202 Å². The van der Waals surface area contributed by atoms with Gasteiger partial charge in [0.2, 0.25) is 0 Å². The summed E-state index contributed by atoms with van der Waals surface area (Å²) in [6.45, 7) is 0. The van der Waals surface area contributed by atoms with Gasteiger partial charge in [0.15, 0.2) is 46.0 Å². The predicted molar refractivity (Wildman–Crippen MR) is 126 cm³/mol. The van der Waals surface area contributed by atoms with Crippen molar-refractivity contribution < 1.29 is 49.8 Å². The van der Waals surface area contributed by atoms with Crippen LogP contribution in [0.3, 0.4) is 0 Å². The van der Waals surface area contributed by atoms with Crippen LogP contribution in [0.5, 0.6) is 23.0 Å². The summed E-state index contributed by atoms with van der Waals surface area (Å²) < 4.78 is 0. The largest absolute Gasteiger partial charge is 0.504 e. The van der Waals surface area contributed by atoms with Crippen LogP contribution in [0, 0.1) is 5.41 Å². The molecule has 0 amide bonds. The van der Waals surface area contributed by atoms with Gasteiger partial charge in [-0.2, -0.15) is 0 Å². The molecule has 3 rings (SSSR count). The molecule has 2 aromatic rings. The van der Waals surface area contributed by atoms with Crippen LogP contribution in [0.25, 0.3) is 12.2 Å². The number of allylic oxidation sites excluding steroid dienone is 3. The number of ketones is 2. The van der Waals surface area contributed by atoms with Crippen molar-refractivity contribution in [2.24, 2.45) is 10.4 Å². The van der Waals surface area contributed by atoms with Crippen molar-refractivity contribution in [3.63, 3.8) is 0 Å². The zero-order valence-corrected chi connectivity index (χ0v) is 18.3. The second-order valence-electron chi connectivity index (χ2n) is 7.68. The third-order valence-electron chi connectivity index (χ3n) is 5.31. The number of nitrogens with zero attached hydrogens (tertiary/aromatic N) is 1. The van der Waals surface area contributed by atoms with E-state index in [-0.39, 0.29) is 16.9 Å². The van der Waals surface area contributed by atoms with Crippen LogP contribution in [0.2, 0.25) is 0 Å². The molecule has 0 aromatic heterocycles. The minimum absolute atomic E-state index is 0.200. The lowest BCUT2D eigenvalue weighted by Crippen LogP contribution is -2.51. The van der Waals surface area contributed by atoms with E-state index in [1.165, 1.54) is 30.3 Å². The average molecular weight is 493 g/mol. The molecule has 2 unspecified atom stereocenters. The Morgan fingerprint density at radius 3 is 1.78 bits per heavy atom. The predicted octanol–water partition coefficient (Wildman–Crippen LogP) is 1.91. The molecule has 11 heteroatoms. The highest BCUT2D eigenvalue weighted by Crippen LogP contribution is 2.35. The lowest BCUT2D eigenvalue weighted by molar-refractivity contribution is -0.158. The molecule has 0 spiro atoms. The molecule has 1 aliphatic rings. The van der Waals surface area contributed by atoms with Gasteiger partial charge >= 0.3 is 11.9 Å². The van der Waals surface area contributed by atoms with E-state index in [2.05, 4.69) is 4.99 Å². The fraction of sp³-hybridized carbons (Fsp3) is 0.0800. The number of carboxylic acids is 2. The van der Waals surface area contributed by atoms with E-state index >= 15 is 0 Å². The van der Waals surface area contributed by atoms with E-state index in [1.807, 2.05) is 0 Å². The Morgan fingerprint density at radius 2 is 1.31 bits per heavy atom. The molecule has 0 aliphatic carbocycles. The van der Waals surface area contributed by atoms with Crippen LogP contribution < -0.4 is 0 Å². The lowest BCUT2D eigenvalue weighted by Gasteiger charge is -2.30. The Hall–Kier alpha value is -5.19. The summed E-state index contributed by atoms with van der Waals surface area (Å²) in [5.74, 6) is -7.30. The Balaban J connectivity index is 1.99. The van der Waals surface area contributed by atoms with Gasteiger partial charge in [-0.3, -0.25) is 19.4 Å². The van der Waals surface area contributed by atoms with E-state index in [0.29, 0.717) is 5.56 Å². The van der Waals surface area contributed by atoms with E-state index in [1.54, 1.807) is 0 Å². The van der Waals surface area contributed by atoms with Crippen molar-refractivity contribution in [1.29, 1.82) is 0 Å². The first kappa shape index (κ1) is 25.4. The smallest absolute Gasteiger partial charge is 0.330 e. The number of hydrogen-bond donors (Lipinski definition) is 6. The minimum Gasteiger partial charge on any atom is -0.504 e. The second kappa shape index (κ2) is 9.97. The van der Waals surface area contributed by atoms with E-state index < -0.39 is 52.2 Å². The molecule has 1 aliphatic heterocycles. The van der Waals surface area contributed by atoms with Gasteiger partial charge in [0.25, 0.3) is 0 Å². The van der Waals surface area contributed by atoms with Gasteiger partial charge in [-0.05, 0) is 53.6 Å². The first-order valence-corrected chi connectivity index (χ1v) is 10.2. The van der Waals surface area contributed by atoms with E-state index in [9.17, 15) is 49.8 Å². The highest BCUT2D eigenvalue weighted by atomic mass is 16.4. The van der Waals surface area contributed by atoms with E-state index in [4.69, 9.17) is 0 Å². The molecule has 2 atom stereocenters. The SMILES string of the molecule is O=C(/C=C/c1ccc(O)c(O)c1)C1=CC(C(=O)O)(C(=O)/C=C/c2ccc(O)c(O)c2)C(C(=O)O)N=C1. The van der Waals surface area contributed by atoms with Crippen molar-refractivity contribution in [2.75, 3.05) is 0 Å². The standard InChI is InChI=1S/C25H19NO10/c27-16(5-1-13-2-6-17(28)19(30)9-13)15-11-25(24(35)36,22(23(33)34)26-12-15)21(32)8-4-14-3-7-18(29)20(31)10-14/h1-12,22,28-31H,(H,33,34)(H,35,36)/b5-1+,8-4+. The second-order valence-corrected chi connectivity index (χ2v) is 7.68. The maximum atomic E-state index is 13.1. The van der Waals surface area contributed by atoms with Crippen LogP contribution in [-0.4, -0.2) is 66.4 Å². The van der Waals surface area contributed by atoms with Crippen LogP contribution >= 0.6 is 0 Å². The summed E-state index contributed by atoms with van der Waals surface area (Å²) in [4.78, 5) is 53.5. The van der Waals surface area contributed by atoms with Gasteiger partial charge in [-0.1, -0.05) is 24.3 Å². The zero-order valence-electron chi connectivity index (χ0n) is 18.3. The van der Waals surface area contributed by atoms with Crippen LogP contribution in [0.1, 0.15) is 11.1 Å². The number of carboxylic acid groups (broad SMARTS) is 2. The summed E-state index contributed by atoms with van der Waals surface area (Å²) in [5.41, 5.74) is -2.61. The van der Waals surface area contributed by atoms with Crippen molar-refractivity contribution in [2.45, 2.75) is 6.04 Å². The highest BCUT2D eigenvalue weighted by molar-refractivity contribution is 6.24. The monoisotopic (exact) mass is 493 g/mol. The minimum atomic E-state index is -2.76. The van der Waals surface area contributed by atoms with Crippen LogP contribution in [0.15, 0.2) is 65.2 Å². The molecule has 1 heterocycles. The van der Waals surface area contributed by atoms with Gasteiger partial charge in [0.1, 0.15) is 0 Å². The first-order chi connectivity index (χ1) is 17.0. The van der Waals surface area contributed by atoms with Gasteiger partial charge in [0, 0.05) is 11.8 Å². The summed E-state index contributed by atoms with van der Waals surface area (Å²) in [7, 11) is 0. The number of rotatable bonds is 8. The molecule has 0 bridgehead atoms. The fourth-order valence-electron chi connectivity index (χ4n) is 3.38. The third kappa shape index (κ3) is 4.99. The number of aromatic hydroxyl groups is 4. The third-order valence-corrected chi connectivity index (χ3v) is 5.31. The molecule has 2 aromatic carbocycles. The summed E-state index contributed by atoms with van der Waals surface area (Å²) >= 11 is 0. The number of benzene rings is 2. The maximum absolute atomic E-state index is 13.1. The normalized spacial score (nSPS) is 19.3. The average Bonchev–Trinajstić information content (AvgIpc) is 2.84. The van der Waals surface area contributed by atoms with Gasteiger partial charge < -0.3 is 30.6 Å². The number of dihydropyridines is 1. The molecule has 36 heavy (non-hydrogen) atoms. The summed E-state index contributed by atoms with van der Waals surface area (Å²) in [6, 6.07) is 5.21. The number of phenols is 4. The number of phenolic OH excluding ortho intramolecular Hbond substituents is 4. The number of aliphatic carboxylic acids is 2. The highest BCUT2D eigenvalue weighted by Gasteiger charge is 2.55.